The molecule has 11 heteroatoms. The van der Waals surface area contributed by atoms with E-state index in [1.165, 1.54) is 41.1 Å². The topological polar surface area (TPSA) is 98.0 Å². The van der Waals surface area contributed by atoms with Crippen LogP contribution in [0.2, 0.25) is 15.1 Å². The summed E-state index contributed by atoms with van der Waals surface area (Å²) in [4.78, 5) is 37.9. The van der Waals surface area contributed by atoms with E-state index in [1.807, 2.05) is 0 Å². The Morgan fingerprint density at radius 1 is 0.853 bits per heavy atom. The summed E-state index contributed by atoms with van der Waals surface area (Å²) >= 11 is 18.7. The molecule has 34 heavy (non-hydrogen) atoms. The summed E-state index contributed by atoms with van der Waals surface area (Å²) in [6.45, 7) is 0. The van der Waals surface area contributed by atoms with Crippen molar-refractivity contribution in [1.82, 2.24) is 14.3 Å². The van der Waals surface area contributed by atoms with Crippen molar-refractivity contribution in [1.29, 1.82) is 0 Å². The molecule has 0 saturated carbocycles. The van der Waals surface area contributed by atoms with Crippen molar-refractivity contribution in [2.75, 3.05) is 10.6 Å². The van der Waals surface area contributed by atoms with E-state index in [0.29, 0.717) is 5.82 Å². The lowest BCUT2D eigenvalue weighted by Gasteiger charge is -2.13. The van der Waals surface area contributed by atoms with Gasteiger partial charge in [-0.15, -0.1) is 0 Å². The third-order valence-electron chi connectivity index (χ3n) is 4.78. The lowest BCUT2D eigenvalue weighted by atomic mass is 10.1. The van der Waals surface area contributed by atoms with E-state index in [2.05, 4.69) is 15.7 Å². The van der Waals surface area contributed by atoms with Gasteiger partial charge in [-0.05, 0) is 36.4 Å². The lowest BCUT2D eigenvalue weighted by Crippen LogP contribution is -2.21. The van der Waals surface area contributed by atoms with Crippen molar-refractivity contribution < 1.29 is 9.59 Å². The van der Waals surface area contributed by atoms with Crippen LogP contribution in [0.15, 0.2) is 71.8 Å². The largest absolute Gasteiger partial charge is 0.321 e. The number of nitrogens with zero attached hydrogens (tertiary/aromatic N) is 3. The first kappa shape index (κ1) is 23.6. The number of rotatable bonds is 5. The highest BCUT2D eigenvalue weighted by molar-refractivity contribution is 6.37. The first-order valence-corrected chi connectivity index (χ1v) is 11.0. The van der Waals surface area contributed by atoms with Crippen molar-refractivity contribution in [3.8, 4) is 5.69 Å². The Bertz CT molecular complexity index is 1460. The molecule has 2 amide bonds. The minimum absolute atomic E-state index is 0.148. The Kier molecular flexibility index (Phi) is 6.74. The number of aryl methyl sites for hydroxylation is 1. The Balaban J connectivity index is 1.60. The van der Waals surface area contributed by atoms with Gasteiger partial charge in [0, 0.05) is 37.1 Å². The molecule has 2 N–H and O–H groups in total. The second-order valence-corrected chi connectivity index (χ2v) is 8.40. The summed E-state index contributed by atoms with van der Waals surface area (Å²) in [6.07, 6.45) is 3.02. The van der Waals surface area contributed by atoms with Crippen LogP contribution in [0.4, 0.5) is 11.5 Å². The van der Waals surface area contributed by atoms with E-state index < -0.39 is 17.4 Å². The van der Waals surface area contributed by atoms with E-state index in [4.69, 9.17) is 34.8 Å². The number of pyridine rings is 1. The van der Waals surface area contributed by atoms with Gasteiger partial charge in [-0.25, -0.2) is 0 Å². The number of carbonyl (C=O) groups excluding carboxylic acids is 2. The lowest BCUT2D eigenvalue weighted by molar-refractivity contribution is 0.101. The highest BCUT2D eigenvalue weighted by Gasteiger charge is 2.16. The van der Waals surface area contributed by atoms with Crippen molar-refractivity contribution in [2.24, 2.45) is 7.05 Å². The molecule has 0 aliphatic rings. The number of nitrogens with one attached hydrogen (secondary N) is 2. The van der Waals surface area contributed by atoms with Crippen molar-refractivity contribution in [2.45, 2.75) is 0 Å². The zero-order chi connectivity index (χ0) is 24.4. The molecule has 0 aliphatic heterocycles. The first-order valence-electron chi connectivity index (χ1n) is 9.82. The van der Waals surface area contributed by atoms with Crippen LogP contribution in [0.5, 0.6) is 0 Å². The summed E-state index contributed by atoms with van der Waals surface area (Å²) in [5, 5.41) is 10.2. The molecule has 0 fully saturated rings. The van der Waals surface area contributed by atoms with Gasteiger partial charge in [0.05, 0.1) is 32.0 Å². The van der Waals surface area contributed by atoms with Crippen LogP contribution in [0.3, 0.4) is 0 Å². The maximum atomic E-state index is 12.9. The third-order valence-corrected chi connectivity index (χ3v) is 5.72. The molecule has 0 saturated heterocycles. The highest BCUT2D eigenvalue weighted by atomic mass is 35.5. The number of aromatic nitrogens is 3. The predicted octanol–water partition coefficient (Wildman–Crippen LogP) is 5.04. The number of hydrogen-bond acceptors (Lipinski definition) is 4. The van der Waals surface area contributed by atoms with Gasteiger partial charge in [0.25, 0.3) is 17.4 Å². The number of anilines is 2. The van der Waals surface area contributed by atoms with Crippen LogP contribution < -0.4 is 16.2 Å². The van der Waals surface area contributed by atoms with Crippen LogP contribution in [0, 0.1) is 0 Å². The smallest absolute Gasteiger partial charge is 0.257 e. The highest BCUT2D eigenvalue weighted by Crippen LogP contribution is 2.28. The monoisotopic (exact) mass is 515 g/mol. The average Bonchev–Trinajstić information content (AvgIpc) is 3.20. The average molecular weight is 517 g/mol. The number of hydrogen-bond donors (Lipinski definition) is 2. The Hall–Kier alpha value is -3.59. The second kappa shape index (κ2) is 9.72. The quantitative estimate of drug-likeness (QED) is 0.388. The molecule has 172 valence electrons. The Morgan fingerprint density at radius 2 is 1.53 bits per heavy atom. The van der Waals surface area contributed by atoms with Gasteiger partial charge >= 0.3 is 0 Å². The molecular weight excluding hydrogens is 501 g/mol. The molecular formula is C23H16Cl3N5O3. The number of benzene rings is 2. The zero-order valence-electron chi connectivity index (χ0n) is 17.6. The van der Waals surface area contributed by atoms with E-state index in [9.17, 15) is 14.4 Å². The molecule has 0 unspecified atom stereocenters. The first-order chi connectivity index (χ1) is 16.2. The fourth-order valence-corrected chi connectivity index (χ4v) is 3.89. The maximum absolute atomic E-state index is 12.9. The predicted molar refractivity (Wildman–Crippen MR) is 133 cm³/mol. The van der Waals surface area contributed by atoms with Crippen molar-refractivity contribution in [3.63, 3.8) is 0 Å². The minimum Gasteiger partial charge on any atom is -0.321 e. The van der Waals surface area contributed by atoms with Gasteiger partial charge in [0.2, 0.25) is 0 Å². The molecule has 0 atom stereocenters. The van der Waals surface area contributed by atoms with Crippen LogP contribution in [0.25, 0.3) is 5.69 Å². The molecule has 0 aliphatic carbocycles. The van der Waals surface area contributed by atoms with Gasteiger partial charge in [0.1, 0.15) is 0 Å². The number of carbonyl (C=O) groups is 2. The normalized spacial score (nSPS) is 10.7. The molecule has 2 heterocycles. The third kappa shape index (κ3) is 4.99. The SMILES string of the molecule is Cn1ccc(NC(=O)c2ccc(Cl)c(NC(=O)c3ccc(=O)n(-c4c(Cl)cccc4Cl)c3)c2)n1. The number of para-hydroxylation sites is 1. The van der Waals surface area contributed by atoms with E-state index in [-0.39, 0.29) is 37.6 Å². The van der Waals surface area contributed by atoms with Gasteiger partial charge < -0.3 is 10.6 Å². The minimum atomic E-state index is -0.555. The summed E-state index contributed by atoms with van der Waals surface area (Å²) in [5.74, 6) is -0.595. The second-order valence-electron chi connectivity index (χ2n) is 7.17. The van der Waals surface area contributed by atoms with Crippen LogP contribution in [-0.4, -0.2) is 26.2 Å². The van der Waals surface area contributed by atoms with Gasteiger partial charge in [-0.2, -0.15) is 5.10 Å². The standard InChI is InChI=1S/C23H16Cl3N5O3/c1-30-10-9-19(29-30)28-22(33)13-5-7-15(24)18(11-13)27-23(34)14-6-8-20(32)31(12-14)21-16(25)3-2-4-17(21)26/h2-12H,1H3,(H,27,34)(H,28,29,33). The molecule has 2 aromatic carbocycles. The fourth-order valence-electron chi connectivity index (χ4n) is 3.14. The van der Waals surface area contributed by atoms with E-state index in [1.54, 1.807) is 42.2 Å². The summed E-state index contributed by atoms with van der Waals surface area (Å²) in [6, 6.07) is 13.5. The van der Waals surface area contributed by atoms with E-state index in [0.717, 1.165) is 0 Å². The summed E-state index contributed by atoms with van der Waals surface area (Å²) in [7, 11) is 1.73. The molecule has 0 spiro atoms. The molecule has 4 rings (SSSR count). The Labute approximate surface area is 208 Å². The van der Waals surface area contributed by atoms with Gasteiger partial charge in [0.15, 0.2) is 5.82 Å². The van der Waals surface area contributed by atoms with Crippen molar-refractivity contribution in [3.05, 3.63) is 104 Å². The molecule has 0 radical (unpaired) electrons. The van der Waals surface area contributed by atoms with Gasteiger partial charge in [-0.3, -0.25) is 23.6 Å². The maximum Gasteiger partial charge on any atom is 0.257 e. The summed E-state index contributed by atoms with van der Waals surface area (Å²) in [5.41, 5.74) is 0.469. The zero-order valence-corrected chi connectivity index (χ0v) is 19.8. The van der Waals surface area contributed by atoms with Crippen LogP contribution >= 0.6 is 34.8 Å². The number of amides is 2. The Morgan fingerprint density at radius 3 is 2.21 bits per heavy atom. The molecule has 0 bridgehead atoms. The molecule has 8 nitrogen and oxygen atoms in total. The number of halogens is 3. The van der Waals surface area contributed by atoms with Crippen LogP contribution in [-0.2, 0) is 7.05 Å². The van der Waals surface area contributed by atoms with E-state index >= 15 is 0 Å². The van der Waals surface area contributed by atoms with Crippen molar-refractivity contribution >= 4 is 58.1 Å². The van der Waals surface area contributed by atoms with Gasteiger partial charge in [-0.1, -0.05) is 40.9 Å². The fraction of sp³-hybridized carbons (Fsp3) is 0.0435. The van der Waals surface area contributed by atoms with Crippen LogP contribution in [0.1, 0.15) is 20.7 Å². The summed E-state index contributed by atoms with van der Waals surface area (Å²) < 4.78 is 2.75. The molecule has 2 aromatic heterocycles. The molecule has 4 aromatic rings.